The smallest absolute Gasteiger partial charge is 0.238 e. The van der Waals surface area contributed by atoms with Gasteiger partial charge in [0.05, 0.1) is 19.8 Å². The van der Waals surface area contributed by atoms with Gasteiger partial charge in [-0.3, -0.25) is 9.69 Å². The molecule has 0 saturated carbocycles. The van der Waals surface area contributed by atoms with Crippen LogP contribution in [-0.4, -0.2) is 37.1 Å². The van der Waals surface area contributed by atoms with Crippen LogP contribution in [0, 0.1) is 5.82 Å². The fourth-order valence-corrected chi connectivity index (χ4v) is 3.73. The standard InChI is InChI=1S/C21H23FN2O3/c22-16-4-1-5-17(13-16)23-21(25)14-24-9-2-6-18(24)15-7-8-19-20(12-15)27-11-3-10-26-19/h1,4-5,7-8,12-13,18H,2-3,6,9-11,14H2,(H,23,25). The summed E-state index contributed by atoms with van der Waals surface area (Å²) in [6, 6.07) is 12.2. The Labute approximate surface area is 158 Å². The molecule has 1 amide bonds. The molecule has 2 aromatic carbocycles. The van der Waals surface area contributed by atoms with E-state index in [1.54, 1.807) is 12.1 Å². The molecule has 27 heavy (non-hydrogen) atoms. The van der Waals surface area contributed by atoms with E-state index in [9.17, 15) is 9.18 Å². The Kier molecular flexibility index (Phi) is 5.25. The van der Waals surface area contributed by atoms with Gasteiger partial charge in [0.2, 0.25) is 5.91 Å². The number of fused-ring (bicyclic) bond motifs is 1. The van der Waals surface area contributed by atoms with Gasteiger partial charge in [-0.05, 0) is 55.3 Å². The molecule has 2 aliphatic heterocycles. The summed E-state index contributed by atoms with van der Waals surface area (Å²) in [6.45, 7) is 2.45. The van der Waals surface area contributed by atoms with Crippen LogP contribution in [0.3, 0.4) is 0 Å². The highest BCUT2D eigenvalue weighted by atomic mass is 19.1. The average molecular weight is 370 g/mol. The Bertz CT molecular complexity index is 827. The molecule has 4 rings (SSSR count). The minimum atomic E-state index is -0.362. The van der Waals surface area contributed by atoms with Crippen LogP contribution in [0.5, 0.6) is 11.5 Å². The van der Waals surface area contributed by atoms with Crippen LogP contribution in [0.4, 0.5) is 10.1 Å². The molecule has 2 aromatic rings. The number of hydrogen-bond acceptors (Lipinski definition) is 4. The fourth-order valence-electron chi connectivity index (χ4n) is 3.73. The summed E-state index contributed by atoms with van der Waals surface area (Å²) in [4.78, 5) is 14.6. The summed E-state index contributed by atoms with van der Waals surface area (Å²) in [7, 11) is 0. The molecule has 1 unspecified atom stereocenters. The van der Waals surface area contributed by atoms with Crippen LogP contribution in [0.25, 0.3) is 0 Å². The van der Waals surface area contributed by atoms with Crippen molar-refractivity contribution in [3.8, 4) is 11.5 Å². The Morgan fingerprint density at radius 3 is 2.81 bits per heavy atom. The predicted molar refractivity (Wildman–Crippen MR) is 101 cm³/mol. The van der Waals surface area contributed by atoms with Crippen molar-refractivity contribution in [2.24, 2.45) is 0 Å². The molecule has 142 valence electrons. The molecule has 2 heterocycles. The number of anilines is 1. The number of likely N-dealkylation sites (tertiary alicyclic amines) is 1. The summed E-state index contributed by atoms with van der Waals surface area (Å²) in [6.07, 6.45) is 2.90. The van der Waals surface area contributed by atoms with Crippen LogP contribution in [-0.2, 0) is 4.79 Å². The molecule has 1 saturated heterocycles. The van der Waals surface area contributed by atoms with E-state index in [1.165, 1.54) is 12.1 Å². The second-order valence-electron chi connectivity index (χ2n) is 6.94. The van der Waals surface area contributed by atoms with E-state index in [2.05, 4.69) is 16.3 Å². The van der Waals surface area contributed by atoms with Gasteiger partial charge in [-0.15, -0.1) is 0 Å². The Morgan fingerprint density at radius 2 is 1.96 bits per heavy atom. The minimum Gasteiger partial charge on any atom is -0.490 e. The van der Waals surface area contributed by atoms with Gasteiger partial charge < -0.3 is 14.8 Å². The lowest BCUT2D eigenvalue weighted by Crippen LogP contribution is -2.33. The maximum Gasteiger partial charge on any atom is 0.238 e. The monoisotopic (exact) mass is 370 g/mol. The third-order valence-corrected chi connectivity index (χ3v) is 4.98. The van der Waals surface area contributed by atoms with Crippen molar-refractivity contribution in [2.45, 2.75) is 25.3 Å². The van der Waals surface area contributed by atoms with Crippen LogP contribution >= 0.6 is 0 Å². The molecule has 1 atom stereocenters. The van der Waals surface area contributed by atoms with Crippen molar-refractivity contribution >= 4 is 11.6 Å². The predicted octanol–water partition coefficient (Wildman–Crippen LogP) is 3.76. The second-order valence-corrected chi connectivity index (χ2v) is 6.94. The van der Waals surface area contributed by atoms with E-state index in [1.807, 2.05) is 12.1 Å². The third-order valence-electron chi connectivity index (χ3n) is 4.98. The van der Waals surface area contributed by atoms with Crippen LogP contribution < -0.4 is 14.8 Å². The molecule has 1 fully saturated rings. The molecule has 2 aliphatic rings. The lowest BCUT2D eigenvalue weighted by Gasteiger charge is -2.25. The lowest BCUT2D eigenvalue weighted by atomic mass is 10.0. The first kappa shape index (κ1) is 17.8. The first-order chi connectivity index (χ1) is 13.2. The largest absolute Gasteiger partial charge is 0.490 e. The second kappa shape index (κ2) is 7.96. The van der Waals surface area contributed by atoms with Crippen LogP contribution in [0.2, 0.25) is 0 Å². The zero-order valence-electron chi connectivity index (χ0n) is 15.1. The number of hydrogen-bond donors (Lipinski definition) is 1. The van der Waals surface area contributed by atoms with Crippen molar-refractivity contribution in [3.63, 3.8) is 0 Å². The topological polar surface area (TPSA) is 50.8 Å². The van der Waals surface area contributed by atoms with Crippen molar-refractivity contribution < 1.29 is 18.7 Å². The maximum absolute atomic E-state index is 13.3. The highest BCUT2D eigenvalue weighted by Crippen LogP contribution is 2.37. The molecular weight excluding hydrogens is 347 g/mol. The number of benzene rings is 2. The lowest BCUT2D eigenvalue weighted by molar-refractivity contribution is -0.117. The minimum absolute atomic E-state index is 0.137. The maximum atomic E-state index is 13.3. The van der Waals surface area contributed by atoms with Gasteiger partial charge in [0.1, 0.15) is 5.82 Å². The highest BCUT2D eigenvalue weighted by molar-refractivity contribution is 5.92. The van der Waals surface area contributed by atoms with Crippen molar-refractivity contribution in [1.29, 1.82) is 0 Å². The summed E-state index contributed by atoms with van der Waals surface area (Å²) >= 11 is 0. The van der Waals surface area contributed by atoms with Gasteiger partial charge in [-0.1, -0.05) is 12.1 Å². The van der Waals surface area contributed by atoms with Gasteiger partial charge in [-0.2, -0.15) is 0 Å². The molecule has 0 aromatic heterocycles. The zero-order chi connectivity index (χ0) is 18.6. The molecule has 0 spiro atoms. The normalized spacial score (nSPS) is 19.5. The average Bonchev–Trinajstić information content (AvgIpc) is 2.97. The van der Waals surface area contributed by atoms with Gasteiger partial charge >= 0.3 is 0 Å². The summed E-state index contributed by atoms with van der Waals surface area (Å²) < 4.78 is 24.8. The molecule has 0 radical (unpaired) electrons. The van der Waals surface area contributed by atoms with E-state index >= 15 is 0 Å². The third kappa shape index (κ3) is 4.22. The van der Waals surface area contributed by atoms with E-state index < -0.39 is 0 Å². The van der Waals surface area contributed by atoms with Gasteiger partial charge in [-0.25, -0.2) is 4.39 Å². The van der Waals surface area contributed by atoms with E-state index in [0.29, 0.717) is 18.9 Å². The zero-order valence-corrected chi connectivity index (χ0v) is 15.1. The number of rotatable bonds is 4. The van der Waals surface area contributed by atoms with Crippen molar-refractivity contribution in [1.82, 2.24) is 4.90 Å². The summed E-state index contributed by atoms with van der Waals surface area (Å²) in [5.41, 5.74) is 1.61. The quantitative estimate of drug-likeness (QED) is 0.890. The van der Waals surface area contributed by atoms with Gasteiger partial charge in [0.25, 0.3) is 0 Å². The van der Waals surface area contributed by atoms with Crippen molar-refractivity contribution in [2.75, 3.05) is 31.6 Å². The number of carbonyl (C=O) groups excluding carboxylic acids is 1. The number of nitrogens with zero attached hydrogens (tertiary/aromatic N) is 1. The fraction of sp³-hybridized carbons (Fsp3) is 0.381. The Hall–Kier alpha value is -2.60. The van der Waals surface area contributed by atoms with E-state index in [4.69, 9.17) is 9.47 Å². The van der Waals surface area contributed by atoms with Gasteiger partial charge in [0, 0.05) is 18.2 Å². The first-order valence-corrected chi connectivity index (χ1v) is 9.38. The Balaban J connectivity index is 1.44. The number of nitrogens with one attached hydrogen (secondary N) is 1. The number of halogens is 1. The number of ether oxygens (including phenoxy) is 2. The summed E-state index contributed by atoms with van der Waals surface area (Å²) in [5.74, 6) is 1.06. The van der Waals surface area contributed by atoms with Crippen molar-refractivity contribution in [3.05, 3.63) is 53.8 Å². The molecular formula is C21H23FN2O3. The Morgan fingerprint density at radius 1 is 1.11 bits per heavy atom. The summed E-state index contributed by atoms with van der Waals surface area (Å²) in [5, 5.41) is 2.77. The molecule has 1 N–H and O–H groups in total. The number of amides is 1. The van der Waals surface area contributed by atoms with Gasteiger partial charge in [0.15, 0.2) is 11.5 Å². The SMILES string of the molecule is O=C(CN1CCCC1c1ccc2c(c1)OCCCO2)Nc1cccc(F)c1. The highest BCUT2D eigenvalue weighted by Gasteiger charge is 2.28. The van der Waals surface area contributed by atoms with E-state index in [0.717, 1.165) is 42.9 Å². The molecule has 0 bridgehead atoms. The first-order valence-electron chi connectivity index (χ1n) is 9.38. The molecule has 0 aliphatic carbocycles. The van der Waals surface area contributed by atoms with E-state index in [-0.39, 0.29) is 24.3 Å². The van der Waals surface area contributed by atoms with Crippen LogP contribution in [0.1, 0.15) is 30.9 Å². The van der Waals surface area contributed by atoms with Crippen LogP contribution in [0.15, 0.2) is 42.5 Å². The molecule has 5 nitrogen and oxygen atoms in total. The number of carbonyl (C=O) groups is 1. The molecule has 6 heteroatoms.